The van der Waals surface area contributed by atoms with E-state index in [1.54, 1.807) is 20.8 Å². The summed E-state index contributed by atoms with van der Waals surface area (Å²) < 4.78 is 22.4. The molecule has 0 saturated heterocycles. The minimum atomic E-state index is -1.89. The van der Waals surface area contributed by atoms with Crippen LogP contribution in [0.5, 0.6) is 17.2 Å². The SMILES string of the molecule is COc1cc(OC)c2c(c1Cl)O[C@@]1(C(=O)c3c(-c4ccccc4)cc(C(=O)OC(C)C)nc3C[C@H]1C)C2=O. The van der Waals surface area contributed by atoms with Gasteiger partial charge in [0.1, 0.15) is 27.8 Å². The van der Waals surface area contributed by atoms with Crippen molar-refractivity contribution in [3.05, 3.63) is 70.0 Å². The molecule has 0 fully saturated rings. The van der Waals surface area contributed by atoms with Crippen LogP contribution in [-0.4, -0.2) is 48.4 Å². The van der Waals surface area contributed by atoms with Crippen molar-refractivity contribution < 1.29 is 33.3 Å². The fourth-order valence-corrected chi connectivity index (χ4v) is 5.41. The van der Waals surface area contributed by atoms with Crippen molar-refractivity contribution in [1.29, 1.82) is 0 Å². The van der Waals surface area contributed by atoms with Gasteiger partial charge in [-0.05, 0) is 37.5 Å². The van der Waals surface area contributed by atoms with Crippen LogP contribution in [0.1, 0.15) is 57.7 Å². The van der Waals surface area contributed by atoms with Crippen LogP contribution in [0.4, 0.5) is 0 Å². The number of Topliss-reactive ketones (excluding diaryl/α,β-unsaturated/α-hetero) is 2. The largest absolute Gasteiger partial charge is 0.496 e. The maximum absolute atomic E-state index is 14.4. The Labute approximate surface area is 224 Å². The first kappa shape index (κ1) is 25.7. The predicted molar refractivity (Wildman–Crippen MR) is 140 cm³/mol. The lowest BCUT2D eigenvalue weighted by Crippen LogP contribution is -2.57. The zero-order valence-corrected chi connectivity index (χ0v) is 22.3. The monoisotopic (exact) mass is 535 g/mol. The van der Waals surface area contributed by atoms with Gasteiger partial charge in [0.25, 0.3) is 0 Å². The van der Waals surface area contributed by atoms with E-state index in [4.69, 9.17) is 30.5 Å². The summed E-state index contributed by atoms with van der Waals surface area (Å²) >= 11 is 6.54. The third kappa shape index (κ3) is 3.74. The van der Waals surface area contributed by atoms with Gasteiger partial charge in [-0.1, -0.05) is 48.9 Å². The third-order valence-electron chi connectivity index (χ3n) is 6.91. The van der Waals surface area contributed by atoms with E-state index in [9.17, 15) is 14.4 Å². The number of hydrogen-bond donors (Lipinski definition) is 0. The number of pyridine rings is 1. The summed E-state index contributed by atoms with van der Waals surface area (Å²) in [6.07, 6.45) is -0.149. The Morgan fingerprint density at radius 1 is 1.05 bits per heavy atom. The van der Waals surface area contributed by atoms with Gasteiger partial charge in [-0.15, -0.1) is 0 Å². The second-order valence-corrected chi connectivity index (χ2v) is 9.98. The molecule has 38 heavy (non-hydrogen) atoms. The van der Waals surface area contributed by atoms with E-state index in [0.717, 1.165) is 0 Å². The molecule has 0 amide bonds. The molecule has 0 N–H and O–H groups in total. The lowest BCUT2D eigenvalue weighted by atomic mass is 9.69. The molecular formula is C29H26ClNO7. The topological polar surface area (TPSA) is 101 Å². The van der Waals surface area contributed by atoms with Gasteiger partial charge in [0.15, 0.2) is 5.75 Å². The highest BCUT2D eigenvalue weighted by molar-refractivity contribution is 6.36. The lowest BCUT2D eigenvalue weighted by Gasteiger charge is -2.37. The zero-order chi connectivity index (χ0) is 27.4. The number of ketones is 2. The molecule has 3 aromatic rings. The van der Waals surface area contributed by atoms with Crippen LogP contribution in [-0.2, 0) is 11.2 Å². The number of aromatic nitrogens is 1. The number of carbonyl (C=O) groups excluding carboxylic acids is 3. The number of esters is 1. The van der Waals surface area contributed by atoms with Gasteiger partial charge in [-0.3, -0.25) is 9.59 Å². The van der Waals surface area contributed by atoms with E-state index in [1.165, 1.54) is 26.4 Å². The molecule has 0 radical (unpaired) electrons. The molecule has 5 rings (SSSR count). The van der Waals surface area contributed by atoms with Gasteiger partial charge >= 0.3 is 5.97 Å². The predicted octanol–water partition coefficient (Wildman–Crippen LogP) is 5.37. The molecule has 2 aromatic carbocycles. The number of benzene rings is 2. The second-order valence-electron chi connectivity index (χ2n) is 9.60. The van der Waals surface area contributed by atoms with Gasteiger partial charge in [0.2, 0.25) is 17.2 Å². The zero-order valence-electron chi connectivity index (χ0n) is 21.6. The van der Waals surface area contributed by atoms with E-state index in [0.29, 0.717) is 16.8 Å². The Balaban J connectivity index is 1.72. The van der Waals surface area contributed by atoms with Gasteiger partial charge in [0.05, 0.1) is 31.6 Å². The van der Waals surface area contributed by atoms with Gasteiger partial charge in [0, 0.05) is 12.0 Å². The summed E-state index contributed by atoms with van der Waals surface area (Å²) in [5.74, 6) is -1.83. The Morgan fingerprint density at radius 2 is 1.71 bits per heavy atom. The Hall–Kier alpha value is -3.91. The maximum Gasteiger partial charge on any atom is 0.357 e. The number of carbonyl (C=O) groups is 3. The molecule has 1 aliphatic carbocycles. The summed E-state index contributed by atoms with van der Waals surface area (Å²) in [4.78, 5) is 45.8. The quantitative estimate of drug-likeness (QED) is 0.317. The van der Waals surface area contributed by atoms with Crippen molar-refractivity contribution in [3.63, 3.8) is 0 Å². The van der Waals surface area contributed by atoms with Crippen LogP contribution in [0.3, 0.4) is 0 Å². The molecule has 1 aromatic heterocycles. The molecule has 0 unspecified atom stereocenters. The highest BCUT2D eigenvalue weighted by Gasteiger charge is 2.62. The number of nitrogens with zero attached hydrogens (tertiary/aromatic N) is 1. The number of hydrogen-bond acceptors (Lipinski definition) is 8. The van der Waals surface area contributed by atoms with Gasteiger partial charge < -0.3 is 18.9 Å². The Bertz CT molecular complexity index is 1480. The third-order valence-corrected chi connectivity index (χ3v) is 7.27. The minimum absolute atomic E-state index is 0.0443. The molecule has 0 saturated carbocycles. The molecule has 1 aliphatic heterocycles. The van der Waals surface area contributed by atoms with Crippen LogP contribution in [0.15, 0.2) is 42.5 Å². The summed E-state index contributed by atoms with van der Waals surface area (Å²) in [7, 11) is 2.85. The molecule has 8 nitrogen and oxygen atoms in total. The second kappa shape index (κ2) is 9.44. The summed E-state index contributed by atoms with van der Waals surface area (Å²) in [5.41, 5.74) is 0.0569. The van der Waals surface area contributed by atoms with E-state index in [-0.39, 0.29) is 51.6 Å². The fraction of sp³-hybridized carbons (Fsp3) is 0.310. The number of ether oxygens (including phenoxy) is 4. The van der Waals surface area contributed by atoms with Crippen molar-refractivity contribution in [2.75, 3.05) is 14.2 Å². The van der Waals surface area contributed by atoms with Crippen LogP contribution in [0.2, 0.25) is 5.02 Å². The molecule has 2 atom stereocenters. The fourth-order valence-electron chi connectivity index (χ4n) is 5.14. The average molecular weight is 536 g/mol. The number of rotatable bonds is 5. The first-order valence-electron chi connectivity index (χ1n) is 12.2. The summed E-state index contributed by atoms with van der Waals surface area (Å²) in [5, 5.41) is 0.0764. The molecule has 2 aliphatic rings. The number of fused-ring (bicyclic) bond motifs is 2. The number of halogens is 1. The summed E-state index contributed by atoms with van der Waals surface area (Å²) in [6.45, 7) is 5.24. The first-order valence-corrected chi connectivity index (χ1v) is 12.5. The molecule has 0 bridgehead atoms. The maximum atomic E-state index is 14.4. The lowest BCUT2D eigenvalue weighted by molar-refractivity contribution is 0.0253. The van der Waals surface area contributed by atoms with Crippen LogP contribution < -0.4 is 14.2 Å². The van der Waals surface area contributed by atoms with Crippen molar-refractivity contribution in [2.45, 2.75) is 38.9 Å². The molecule has 1 spiro atoms. The van der Waals surface area contributed by atoms with E-state index in [1.807, 2.05) is 30.3 Å². The highest BCUT2D eigenvalue weighted by atomic mass is 35.5. The standard InChI is InChI=1S/C29H26ClNO7/c1-14(2)37-28(34)19-12-17(16-9-7-6-8-10-16)22-18(31-19)11-15(3)29(26(22)32)27(33)23-20(35-4)13-21(36-5)24(30)25(23)38-29/h6-10,12-15H,11H2,1-5H3/t15-,29+/m1/s1. The van der Waals surface area contributed by atoms with Crippen LogP contribution in [0.25, 0.3) is 11.1 Å². The Morgan fingerprint density at radius 3 is 2.34 bits per heavy atom. The molecule has 2 heterocycles. The normalized spacial score (nSPS) is 19.7. The van der Waals surface area contributed by atoms with Crippen molar-refractivity contribution in [1.82, 2.24) is 4.98 Å². The molecule has 196 valence electrons. The van der Waals surface area contributed by atoms with Crippen molar-refractivity contribution >= 4 is 29.1 Å². The van der Waals surface area contributed by atoms with E-state index < -0.39 is 29.1 Å². The first-order chi connectivity index (χ1) is 18.1. The van der Waals surface area contributed by atoms with Gasteiger partial charge in [-0.25, -0.2) is 9.78 Å². The number of methoxy groups -OCH3 is 2. The minimum Gasteiger partial charge on any atom is -0.496 e. The average Bonchev–Trinajstić information content (AvgIpc) is 3.22. The smallest absolute Gasteiger partial charge is 0.357 e. The van der Waals surface area contributed by atoms with E-state index >= 15 is 0 Å². The Kier molecular flexibility index (Phi) is 6.39. The summed E-state index contributed by atoms with van der Waals surface area (Å²) in [6, 6.07) is 12.2. The highest BCUT2D eigenvalue weighted by Crippen LogP contribution is 2.54. The van der Waals surface area contributed by atoms with Crippen LogP contribution >= 0.6 is 11.6 Å². The van der Waals surface area contributed by atoms with E-state index in [2.05, 4.69) is 4.98 Å². The van der Waals surface area contributed by atoms with Crippen LogP contribution in [0, 0.1) is 5.92 Å². The van der Waals surface area contributed by atoms with Gasteiger partial charge in [-0.2, -0.15) is 0 Å². The van der Waals surface area contributed by atoms with Crippen molar-refractivity contribution in [2.24, 2.45) is 5.92 Å². The molecule has 9 heteroatoms. The molecular weight excluding hydrogens is 510 g/mol. The van der Waals surface area contributed by atoms with Crippen molar-refractivity contribution in [3.8, 4) is 28.4 Å².